The van der Waals surface area contributed by atoms with Crippen molar-refractivity contribution in [2.24, 2.45) is 0 Å². The number of nitrogens with zero attached hydrogens (tertiary/aromatic N) is 1. The average molecular weight is 397 g/mol. The number of hydrogen-bond acceptors (Lipinski definition) is 5. The zero-order valence-corrected chi connectivity index (χ0v) is 16.3. The van der Waals surface area contributed by atoms with Crippen molar-refractivity contribution in [2.75, 3.05) is 20.3 Å². The number of rotatable bonds is 7. The van der Waals surface area contributed by atoms with Gasteiger partial charge in [-0.2, -0.15) is 0 Å². The van der Waals surface area contributed by atoms with E-state index in [-0.39, 0.29) is 19.1 Å². The van der Waals surface area contributed by atoms with E-state index in [2.05, 4.69) is 4.74 Å². The Labute approximate surface area is 168 Å². The molecule has 0 bridgehead atoms. The van der Waals surface area contributed by atoms with Gasteiger partial charge in [-0.25, -0.2) is 9.59 Å². The van der Waals surface area contributed by atoms with Crippen LogP contribution in [0.3, 0.4) is 0 Å². The molecular weight excluding hydrogens is 374 g/mol. The third kappa shape index (κ3) is 4.08. The first kappa shape index (κ1) is 20.4. The second-order valence-electron chi connectivity index (χ2n) is 6.72. The van der Waals surface area contributed by atoms with Crippen molar-refractivity contribution in [1.82, 2.24) is 4.90 Å². The summed E-state index contributed by atoms with van der Waals surface area (Å²) >= 11 is 0. The number of esters is 1. The highest BCUT2D eigenvalue weighted by Crippen LogP contribution is 2.44. The lowest BCUT2D eigenvalue weighted by Gasteiger charge is -2.27. The van der Waals surface area contributed by atoms with Gasteiger partial charge in [0, 0.05) is 12.5 Å². The average Bonchev–Trinajstić information content (AvgIpc) is 3.05. The second-order valence-corrected chi connectivity index (χ2v) is 6.72. The van der Waals surface area contributed by atoms with Gasteiger partial charge in [0.2, 0.25) is 0 Å². The maximum absolute atomic E-state index is 12.7. The maximum atomic E-state index is 12.7. The molecule has 2 aromatic carbocycles. The van der Waals surface area contributed by atoms with Crippen LogP contribution in [0.5, 0.6) is 0 Å². The predicted molar refractivity (Wildman–Crippen MR) is 106 cm³/mol. The van der Waals surface area contributed by atoms with Crippen LogP contribution in [0.2, 0.25) is 0 Å². The van der Waals surface area contributed by atoms with E-state index in [1.165, 1.54) is 7.11 Å². The summed E-state index contributed by atoms with van der Waals surface area (Å²) in [5.41, 5.74) is 4.33. The lowest BCUT2D eigenvalue weighted by molar-refractivity contribution is -0.150. The van der Waals surface area contributed by atoms with Gasteiger partial charge < -0.3 is 14.6 Å². The summed E-state index contributed by atoms with van der Waals surface area (Å²) in [4.78, 5) is 36.8. The number of amides is 1. The van der Waals surface area contributed by atoms with Crippen molar-refractivity contribution >= 4 is 18.0 Å². The fraction of sp³-hybridized carbons (Fsp3) is 0.318. The van der Waals surface area contributed by atoms with Gasteiger partial charge in [0.1, 0.15) is 12.6 Å². The number of aliphatic carboxylic acids is 1. The first-order chi connectivity index (χ1) is 14.0. The Morgan fingerprint density at radius 3 is 2.07 bits per heavy atom. The summed E-state index contributed by atoms with van der Waals surface area (Å²) in [6.45, 7) is 1.80. The zero-order chi connectivity index (χ0) is 21.0. The minimum Gasteiger partial charge on any atom is -0.480 e. The molecule has 0 saturated heterocycles. The zero-order valence-electron chi connectivity index (χ0n) is 16.3. The Morgan fingerprint density at radius 2 is 1.59 bits per heavy atom. The summed E-state index contributed by atoms with van der Waals surface area (Å²) in [5, 5.41) is 9.45. The molecule has 1 unspecified atom stereocenters. The highest BCUT2D eigenvalue weighted by atomic mass is 16.6. The molecule has 0 fully saturated rings. The van der Waals surface area contributed by atoms with Crippen LogP contribution in [0, 0.1) is 0 Å². The molecule has 1 amide bonds. The molecule has 7 heteroatoms. The van der Waals surface area contributed by atoms with Crippen LogP contribution >= 0.6 is 0 Å². The van der Waals surface area contributed by atoms with Crippen molar-refractivity contribution in [3.8, 4) is 11.1 Å². The van der Waals surface area contributed by atoms with E-state index in [9.17, 15) is 19.5 Å². The van der Waals surface area contributed by atoms with Gasteiger partial charge >= 0.3 is 18.0 Å². The summed E-state index contributed by atoms with van der Waals surface area (Å²) < 4.78 is 10.1. The summed E-state index contributed by atoms with van der Waals surface area (Å²) in [5.74, 6) is -2.12. The molecule has 0 spiro atoms. The summed E-state index contributed by atoms with van der Waals surface area (Å²) in [7, 11) is 1.17. The van der Waals surface area contributed by atoms with E-state index in [4.69, 9.17) is 4.74 Å². The van der Waals surface area contributed by atoms with Gasteiger partial charge in [-0.05, 0) is 29.2 Å². The monoisotopic (exact) mass is 397 g/mol. The van der Waals surface area contributed by atoms with E-state index in [1.54, 1.807) is 6.92 Å². The van der Waals surface area contributed by atoms with Gasteiger partial charge in [-0.15, -0.1) is 0 Å². The minimum atomic E-state index is -1.34. The fourth-order valence-electron chi connectivity index (χ4n) is 3.73. The van der Waals surface area contributed by atoms with Crippen LogP contribution in [0.1, 0.15) is 30.4 Å². The lowest BCUT2D eigenvalue weighted by Crippen LogP contribution is -2.46. The van der Waals surface area contributed by atoms with E-state index in [0.717, 1.165) is 27.2 Å². The number of carbonyl (C=O) groups is 3. The smallest absolute Gasteiger partial charge is 0.410 e. The Balaban J connectivity index is 1.77. The third-order valence-electron chi connectivity index (χ3n) is 5.16. The molecule has 7 nitrogen and oxygen atoms in total. The first-order valence-electron chi connectivity index (χ1n) is 9.39. The number of carboxylic acids is 1. The number of carbonyl (C=O) groups excluding carboxylic acids is 2. The van der Waals surface area contributed by atoms with Gasteiger partial charge in [-0.1, -0.05) is 48.5 Å². The number of hydrogen-bond donors (Lipinski definition) is 1. The second kappa shape index (κ2) is 8.77. The van der Waals surface area contributed by atoms with Crippen molar-refractivity contribution in [3.05, 3.63) is 59.7 Å². The topological polar surface area (TPSA) is 93.1 Å². The van der Waals surface area contributed by atoms with E-state index in [1.807, 2.05) is 48.5 Å². The SMILES string of the molecule is CCN(C(=O)OCC1c2ccccc2-c2ccccc21)C(CC(=O)OC)C(=O)O. The Kier molecular flexibility index (Phi) is 6.16. The first-order valence-corrected chi connectivity index (χ1v) is 9.39. The maximum Gasteiger partial charge on any atom is 0.410 e. The van der Waals surface area contributed by atoms with Crippen molar-refractivity contribution in [3.63, 3.8) is 0 Å². The van der Waals surface area contributed by atoms with Gasteiger partial charge in [0.25, 0.3) is 0 Å². The molecule has 2 aromatic rings. The van der Waals surface area contributed by atoms with Crippen molar-refractivity contribution in [2.45, 2.75) is 25.3 Å². The van der Waals surface area contributed by atoms with Crippen LogP contribution in [0.25, 0.3) is 11.1 Å². The van der Waals surface area contributed by atoms with E-state index in [0.29, 0.717) is 0 Å². The molecule has 1 N–H and O–H groups in total. The van der Waals surface area contributed by atoms with Crippen LogP contribution in [0.15, 0.2) is 48.5 Å². The Hall–Kier alpha value is -3.35. The number of ether oxygens (including phenoxy) is 2. The molecule has 0 aromatic heterocycles. The number of methoxy groups -OCH3 is 1. The van der Waals surface area contributed by atoms with Crippen molar-refractivity contribution < 1.29 is 29.0 Å². The summed E-state index contributed by atoms with van der Waals surface area (Å²) in [6, 6.07) is 14.5. The van der Waals surface area contributed by atoms with Crippen LogP contribution in [-0.2, 0) is 19.1 Å². The molecule has 3 rings (SSSR count). The molecule has 0 heterocycles. The predicted octanol–water partition coefficient (Wildman–Crippen LogP) is 3.27. The number of benzene rings is 2. The molecular formula is C22H23NO6. The van der Waals surface area contributed by atoms with Gasteiger partial charge in [0.05, 0.1) is 13.5 Å². The summed E-state index contributed by atoms with van der Waals surface area (Å²) in [6.07, 6.45) is -1.21. The molecule has 0 saturated carbocycles. The Morgan fingerprint density at radius 1 is 1.03 bits per heavy atom. The number of likely N-dealkylation sites (N-methyl/N-ethyl adjacent to an activating group) is 1. The lowest BCUT2D eigenvalue weighted by atomic mass is 9.98. The van der Waals surface area contributed by atoms with Crippen LogP contribution in [-0.4, -0.2) is 54.3 Å². The van der Waals surface area contributed by atoms with Crippen LogP contribution < -0.4 is 0 Å². The Bertz CT molecular complexity index is 880. The van der Waals surface area contributed by atoms with Crippen LogP contribution in [0.4, 0.5) is 4.79 Å². The third-order valence-corrected chi connectivity index (χ3v) is 5.16. The molecule has 152 valence electrons. The normalized spacial score (nSPS) is 13.2. The molecule has 1 aliphatic carbocycles. The van der Waals surface area contributed by atoms with Gasteiger partial charge in [-0.3, -0.25) is 9.69 Å². The van der Waals surface area contributed by atoms with E-state index < -0.39 is 30.5 Å². The molecule has 1 aliphatic rings. The van der Waals surface area contributed by atoms with Crippen molar-refractivity contribution in [1.29, 1.82) is 0 Å². The number of fused-ring (bicyclic) bond motifs is 3. The molecule has 1 atom stereocenters. The minimum absolute atomic E-state index is 0.0773. The highest BCUT2D eigenvalue weighted by molar-refractivity contribution is 5.85. The standard InChI is InChI=1S/C22H23NO6/c1-3-23(19(21(25)26)12-20(24)28-2)22(27)29-13-18-16-10-6-4-8-14(16)15-9-5-7-11-17(15)18/h4-11,18-19H,3,12-13H2,1-2H3,(H,25,26). The van der Waals surface area contributed by atoms with E-state index >= 15 is 0 Å². The largest absolute Gasteiger partial charge is 0.480 e. The highest BCUT2D eigenvalue weighted by Gasteiger charge is 2.34. The molecule has 0 aliphatic heterocycles. The fourth-order valence-corrected chi connectivity index (χ4v) is 3.73. The number of carboxylic acid groups (broad SMARTS) is 1. The quantitative estimate of drug-likeness (QED) is 0.721. The molecule has 0 radical (unpaired) electrons. The van der Waals surface area contributed by atoms with Gasteiger partial charge in [0.15, 0.2) is 0 Å². The molecule has 29 heavy (non-hydrogen) atoms.